The zero-order valence-electron chi connectivity index (χ0n) is 13.7. The number of hydrogen-bond acceptors (Lipinski definition) is 4. The first-order chi connectivity index (χ1) is 10.7. The van der Waals surface area contributed by atoms with Gasteiger partial charge < -0.3 is 14.8 Å². The molecule has 5 nitrogen and oxygen atoms in total. The van der Waals surface area contributed by atoms with Crippen LogP contribution in [0.2, 0.25) is 5.02 Å². The molecule has 124 valence electrons. The number of carbonyl (C=O) groups excluding carboxylic acids is 2. The highest BCUT2D eigenvalue weighted by atomic mass is 35.5. The fraction of sp³-hybridized carbons (Fsp3) is 0.412. The van der Waals surface area contributed by atoms with Gasteiger partial charge in [-0.15, -0.1) is 0 Å². The minimum atomic E-state index is -0.520. The van der Waals surface area contributed by atoms with Crippen molar-refractivity contribution in [1.82, 2.24) is 5.32 Å². The van der Waals surface area contributed by atoms with Crippen molar-refractivity contribution < 1.29 is 19.1 Å². The van der Waals surface area contributed by atoms with Gasteiger partial charge in [0.25, 0.3) is 0 Å². The normalized spacial score (nSPS) is 10.3. The van der Waals surface area contributed by atoms with Gasteiger partial charge in [0.05, 0.1) is 17.7 Å². The molecule has 0 spiro atoms. The van der Waals surface area contributed by atoms with E-state index in [0.29, 0.717) is 24.1 Å². The third-order valence-electron chi connectivity index (χ3n) is 2.53. The Bertz CT molecular complexity index is 638. The third kappa shape index (κ3) is 7.07. The lowest BCUT2D eigenvalue weighted by Gasteiger charge is -2.19. The van der Waals surface area contributed by atoms with Crippen molar-refractivity contribution in [3.8, 4) is 11.8 Å². The Morgan fingerprint density at radius 2 is 2.00 bits per heavy atom. The monoisotopic (exact) mass is 337 g/mol. The van der Waals surface area contributed by atoms with Crippen LogP contribution in [0.4, 0.5) is 4.79 Å². The smallest absolute Gasteiger partial charge is 0.407 e. The molecule has 1 N–H and O–H groups in total. The minimum Gasteiger partial charge on any atom is -0.465 e. The Hall–Kier alpha value is -2.19. The Balaban J connectivity index is 2.50. The first-order valence-corrected chi connectivity index (χ1v) is 7.44. The molecule has 0 saturated heterocycles. The van der Waals surface area contributed by atoms with E-state index in [0.717, 1.165) is 0 Å². The molecule has 0 aromatic heterocycles. The van der Waals surface area contributed by atoms with Crippen LogP contribution in [0.25, 0.3) is 0 Å². The van der Waals surface area contributed by atoms with Gasteiger partial charge in [0.2, 0.25) is 0 Å². The van der Waals surface area contributed by atoms with Crippen molar-refractivity contribution in [2.24, 2.45) is 0 Å². The maximum Gasteiger partial charge on any atom is 0.407 e. The zero-order chi connectivity index (χ0) is 17.5. The lowest BCUT2D eigenvalue weighted by Crippen LogP contribution is -2.32. The van der Waals surface area contributed by atoms with E-state index in [-0.39, 0.29) is 5.02 Å². The number of hydrogen-bond donors (Lipinski definition) is 1. The molecule has 0 atom stereocenters. The number of ether oxygens (including phenoxy) is 2. The number of methoxy groups -OCH3 is 1. The fourth-order valence-electron chi connectivity index (χ4n) is 1.57. The van der Waals surface area contributed by atoms with Gasteiger partial charge in [-0.05, 0) is 39.0 Å². The summed E-state index contributed by atoms with van der Waals surface area (Å²) in [5.74, 6) is 5.34. The van der Waals surface area contributed by atoms with Crippen LogP contribution in [0.5, 0.6) is 0 Å². The number of nitrogens with one attached hydrogen (secondary N) is 1. The van der Waals surface area contributed by atoms with Crippen LogP contribution in [0, 0.1) is 11.8 Å². The molecular formula is C17H20ClNO4. The van der Waals surface area contributed by atoms with Crippen LogP contribution in [-0.4, -0.2) is 31.3 Å². The number of alkyl carbamates (subject to hydrolysis) is 1. The number of esters is 1. The fourth-order valence-corrected chi connectivity index (χ4v) is 1.83. The summed E-state index contributed by atoms with van der Waals surface area (Å²) >= 11 is 6.00. The molecular weight excluding hydrogens is 318 g/mol. The minimum absolute atomic E-state index is 0.288. The van der Waals surface area contributed by atoms with Gasteiger partial charge in [0, 0.05) is 18.5 Å². The van der Waals surface area contributed by atoms with E-state index in [2.05, 4.69) is 21.9 Å². The summed E-state index contributed by atoms with van der Waals surface area (Å²) in [5.41, 5.74) is 0.458. The van der Waals surface area contributed by atoms with E-state index < -0.39 is 17.7 Å². The molecule has 0 bridgehead atoms. The van der Waals surface area contributed by atoms with Gasteiger partial charge in [0.1, 0.15) is 5.60 Å². The average molecular weight is 338 g/mol. The summed E-state index contributed by atoms with van der Waals surface area (Å²) < 4.78 is 9.72. The molecule has 0 unspecified atom stereocenters. The van der Waals surface area contributed by atoms with E-state index in [1.54, 1.807) is 39.0 Å². The quantitative estimate of drug-likeness (QED) is 0.521. The van der Waals surface area contributed by atoms with Crippen LogP contribution in [-0.2, 0) is 9.47 Å². The van der Waals surface area contributed by atoms with Gasteiger partial charge in [-0.1, -0.05) is 23.4 Å². The SMILES string of the molecule is COC(=O)c1ccc(C#CCCNC(=O)OC(C)(C)C)cc1Cl. The molecule has 1 amide bonds. The zero-order valence-corrected chi connectivity index (χ0v) is 14.4. The van der Waals surface area contributed by atoms with E-state index in [4.69, 9.17) is 16.3 Å². The van der Waals surface area contributed by atoms with E-state index >= 15 is 0 Å². The molecule has 0 aliphatic rings. The summed E-state index contributed by atoms with van der Waals surface area (Å²) in [6.45, 7) is 5.78. The highest BCUT2D eigenvalue weighted by Crippen LogP contribution is 2.18. The topological polar surface area (TPSA) is 64.6 Å². The number of amides is 1. The predicted molar refractivity (Wildman–Crippen MR) is 88.5 cm³/mol. The van der Waals surface area contributed by atoms with E-state index in [9.17, 15) is 9.59 Å². The lowest BCUT2D eigenvalue weighted by molar-refractivity contribution is 0.0527. The Morgan fingerprint density at radius 3 is 2.57 bits per heavy atom. The summed E-state index contributed by atoms with van der Waals surface area (Å²) in [6.07, 6.45) is 0.0000714. The van der Waals surface area contributed by atoms with Crippen molar-refractivity contribution in [3.63, 3.8) is 0 Å². The second-order valence-electron chi connectivity index (χ2n) is 5.67. The van der Waals surface area contributed by atoms with E-state index in [1.165, 1.54) is 7.11 Å². The Labute approximate surface area is 141 Å². The van der Waals surface area contributed by atoms with Gasteiger partial charge >= 0.3 is 12.1 Å². The number of benzene rings is 1. The number of carbonyl (C=O) groups is 2. The Morgan fingerprint density at radius 1 is 1.30 bits per heavy atom. The maximum absolute atomic E-state index is 11.4. The summed E-state index contributed by atoms with van der Waals surface area (Å²) in [6, 6.07) is 4.85. The second-order valence-corrected chi connectivity index (χ2v) is 6.07. The molecule has 0 radical (unpaired) electrons. The molecule has 0 saturated carbocycles. The first kappa shape index (κ1) is 18.9. The van der Waals surface area contributed by atoms with Crippen molar-refractivity contribution in [2.45, 2.75) is 32.8 Å². The van der Waals surface area contributed by atoms with Crippen LogP contribution in [0.3, 0.4) is 0 Å². The maximum atomic E-state index is 11.4. The molecule has 0 aliphatic carbocycles. The molecule has 23 heavy (non-hydrogen) atoms. The van der Waals surface area contributed by atoms with Crippen molar-refractivity contribution in [2.75, 3.05) is 13.7 Å². The van der Waals surface area contributed by atoms with Crippen LogP contribution in [0.15, 0.2) is 18.2 Å². The van der Waals surface area contributed by atoms with Crippen molar-refractivity contribution in [1.29, 1.82) is 0 Å². The number of halogens is 1. The van der Waals surface area contributed by atoms with Crippen LogP contribution < -0.4 is 5.32 Å². The number of rotatable bonds is 3. The van der Waals surface area contributed by atoms with Crippen molar-refractivity contribution >= 4 is 23.7 Å². The molecule has 0 heterocycles. The van der Waals surface area contributed by atoms with E-state index in [1.807, 2.05) is 0 Å². The molecule has 1 aromatic carbocycles. The van der Waals surface area contributed by atoms with Gasteiger partial charge in [-0.3, -0.25) is 0 Å². The standard InChI is InChI=1S/C17H20ClNO4/c1-17(2,3)23-16(21)19-10-6-5-7-12-8-9-13(14(18)11-12)15(20)22-4/h8-9,11H,6,10H2,1-4H3,(H,19,21). The average Bonchev–Trinajstić information content (AvgIpc) is 2.44. The second kappa shape index (κ2) is 8.44. The highest BCUT2D eigenvalue weighted by Gasteiger charge is 2.15. The molecule has 0 aliphatic heterocycles. The summed E-state index contributed by atoms with van der Waals surface area (Å²) in [5, 5.41) is 2.91. The first-order valence-electron chi connectivity index (χ1n) is 7.06. The Kier molecular flexibility index (Phi) is 6.92. The van der Waals surface area contributed by atoms with Gasteiger partial charge in [-0.25, -0.2) is 9.59 Å². The highest BCUT2D eigenvalue weighted by molar-refractivity contribution is 6.33. The van der Waals surface area contributed by atoms with Gasteiger partial charge in [0.15, 0.2) is 0 Å². The molecule has 1 rings (SSSR count). The molecule has 1 aromatic rings. The summed E-state index contributed by atoms with van der Waals surface area (Å²) in [7, 11) is 1.30. The molecule has 6 heteroatoms. The van der Waals surface area contributed by atoms with Crippen LogP contribution in [0.1, 0.15) is 43.1 Å². The largest absolute Gasteiger partial charge is 0.465 e. The van der Waals surface area contributed by atoms with Gasteiger partial charge in [-0.2, -0.15) is 0 Å². The predicted octanol–water partition coefficient (Wildman–Crippen LogP) is 3.39. The summed E-state index contributed by atoms with van der Waals surface area (Å²) in [4.78, 5) is 22.8. The van der Waals surface area contributed by atoms with Crippen molar-refractivity contribution in [3.05, 3.63) is 34.3 Å². The molecule has 0 fully saturated rings. The van der Waals surface area contributed by atoms with Crippen LogP contribution >= 0.6 is 11.6 Å². The third-order valence-corrected chi connectivity index (χ3v) is 2.84. The lowest BCUT2D eigenvalue weighted by atomic mass is 10.1.